The molecule has 152 valence electrons. The van der Waals surface area contributed by atoms with Crippen molar-refractivity contribution >= 4 is 16.0 Å². The van der Waals surface area contributed by atoms with Gasteiger partial charge in [0.2, 0.25) is 10.0 Å². The number of methoxy groups -OCH3 is 2. The van der Waals surface area contributed by atoms with Crippen LogP contribution in [0.5, 0.6) is 5.75 Å². The first-order valence-corrected chi connectivity index (χ1v) is 9.86. The van der Waals surface area contributed by atoms with E-state index in [0.717, 1.165) is 0 Å². The van der Waals surface area contributed by atoms with Gasteiger partial charge in [0.15, 0.2) is 0 Å². The van der Waals surface area contributed by atoms with E-state index in [2.05, 4.69) is 4.72 Å². The first-order chi connectivity index (χ1) is 13.3. The molecule has 0 aliphatic carbocycles. The number of benzene rings is 2. The zero-order chi connectivity index (χ0) is 20.7. The highest BCUT2D eigenvalue weighted by Crippen LogP contribution is 2.21. The van der Waals surface area contributed by atoms with E-state index in [4.69, 9.17) is 14.2 Å². The molecule has 2 rings (SSSR count). The maximum Gasteiger partial charge on any atom is 0.338 e. The van der Waals surface area contributed by atoms with E-state index in [1.54, 1.807) is 6.92 Å². The van der Waals surface area contributed by atoms with Crippen molar-refractivity contribution in [1.82, 2.24) is 4.72 Å². The van der Waals surface area contributed by atoms with Crippen LogP contribution in [0.2, 0.25) is 0 Å². The predicted molar refractivity (Wildman–Crippen MR) is 100 cm³/mol. The molecule has 0 aromatic heterocycles. The van der Waals surface area contributed by atoms with E-state index in [1.165, 1.54) is 56.7 Å². The van der Waals surface area contributed by atoms with Gasteiger partial charge in [0, 0.05) is 18.7 Å². The Morgan fingerprint density at radius 1 is 1.14 bits per heavy atom. The fourth-order valence-corrected chi connectivity index (χ4v) is 3.70. The van der Waals surface area contributed by atoms with Gasteiger partial charge in [0.1, 0.15) is 18.2 Å². The summed E-state index contributed by atoms with van der Waals surface area (Å²) in [5, 5.41) is 0. The van der Waals surface area contributed by atoms with Crippen LogP contribution in [0.15, 0.2) is 47.4 Å². The monoisotopic (exact) mass is 411 g/mol. The van der Waals surface area contributed by atoms with Gasteiger partial charge in [-0.2, -0.15) is 0 Å². The summed E-state index contributed by atoms with van der Waals surface area (Å²) in [5.74, 6) is -0.750. The second-order valence-electron chi connectivity index (χ2n) is 6.03. The number of carbonyl (C=O) groups is 1. The summed E-state index contributed by atoms with van der Waals surface area (Å²) >= 11 is 0. The van der Waals surface area contributed by atoms with E-state index >= 15 is 0 Å². The van der Waals surface area contributed by atoms with Crippen LogP contribution < -0.4 is 9.46 Å². The highest BCUT2D eigenvalue weighted by Gasteiger charge is 2.18. The zero-order valence-electron chi connectivity index (χ0n) is 15.8. The number of carbonyl (C=O) groups excluding carboxylic acids is 1. The van der Waals surface area contributed by atoms with Gasteiger partial charge < -0.3 is 14.2 Å². The van der Waals surface area contributed by atoms with Crippen LogP contribution in [0.25, 0.3) is 0 Å². The fourth-order valence-electron chi connectivity index (χ4n) is 2.47. The van der Waals surface area contributed by atoms with Crippen LogP contribution >= 0.6 is 0 Å². The number of halogens is 1. The average molecular weight is 411 g/mol. The van der Waals surface area contributed by atoms with Gasteiger partial charge in [-0.3, -0.25) is 0 Å². The molecule has 0 aliphatic heterocycles. The molecule has 28 heavy (non-hydrogen) atoms. The van der Waals surface area contributed by atoms with Gasteiger partial charge in [0.25, 0.3) is 0 Å². The Labute approximate surface area is 163 Å². The van der Waals surface area contributed by atoms with Crippen LogP contribution in [0.4, 0.5) is 4.39 Å². The van der Waals surface area contributed by atoms with E-state index in [9.17, 15) is 17.6 Å². The van der Waals surface area contributed by atoms with Gasteiger partial charge in [-0.15, -0.1) is 0 Å². The summed E-state index contributed by atoms with van der Waals surface area (Å²) in [5.41, 5.74) is 0.547. The number of esters is 1. The van der Waals surface area contributed by atoms with Crippen molar-refractivity contribution in [2.75, 3.05) is 20.8 Å². The molecule has 0 aliphatic rings. The summed E-state index contributed by atoms with van der Waals surface area (Å²) in [6.45, 7) is 1.72. The Hall–Kier alpha value is -2.49. The molecule has 9 heteroatoms. The molecule has 0 spiro atoms. The molecule has 0 amide bonds. The number of rotatable bonds is 9. The van der Waals surface area contributed by atoms with Crippen molar-refractivity contribution in [3.63, 3.8) is 0 Å². The Morgan fingerprint density at radius 3 is 2.43 bits per heavy atom. The standard InChI is InChI=1S/C19H22FNO6S/c1-13(11-25-2)21-28(23,24)17-7-4-14(5-8-17)19(22)27-12-15-10-16(20)6-9-18(15)26-3/h4-10,13,21H,11-12H2,1-3H3/t13-/m0/s1. The smallest absolute Gasteiger partial charge is 0.338 e. The van der Waals surface area contributed by atoms with Crippen LogP contribution in [0, 0.1) is 5.82 Å². The van der Waals surface area contributed by atoms with Crippen molar-refractivity contribution < 1.29 is 31.8 Å². The molecule has 1 atom stereocenters. The fraction of sp³-hybridized carbons (Fsp3) is 0.316. The molecule has 2 aromatic rings. The number of hydrogen-bond acceptors (Lipinski definition) is 6. The molecule has 0 bridgehead atoms. The highest BCUT2D eigenvalue weighted by molar-refractivity contribution is 7.89. The van der Waals surface area contributed by atoms with Crippen molar-refractivity contribution in [1.29, 1.82) is 0 Å². The summed E-state index contributed by atoms with van der Waals surface area (Å²) in [4.78, 5) is 12.2. The van der Waals surface area contributed by atoms with Gasteiger partial charge in [0.05, 0.1) is 24.2 Å². The van der Waals surface area contributed by atoms with Gasteiger partial charge in [-0.25, -0.2) is 22.3 Å². The van der Waals surface area contributed by atoms with E-state index in [0.29, 0.717) is 11.3 Å². The van der Waals surface area contributed by atoms with Crippen molar-refractivity contribution in [3.8, 4) is 5.75 Å². The van der Waals surface area contributed by atoms with Crippen LogP contribution in [0.3, 0.4) is 0 Å². The SMILES string of the molecule is COC[C@H](C)NS(=O)(=O)c1ccc(C(=O)OCc2cc(F)ccc2OC)cc1. The molecule has 2 aromatic carbocycles. The van der Waals surface area contributed by atoms with Crippen molar-refractivity contribution in [2.24, 2.45) is 0 Å². The predicted octanol–water partition coefficient (Wildman–Crippen LogP) is 2.50. The second-order valence-corrected chi connectivity index (χ2v) is 7.75. The summed E-state index contributed by atoms with van der Waals surface area (Å²) in [6, 6.07) is 8.81. The summed E-state index contributed by atoms with van der Waals surface area (Å²) < 4.78 is 55.6. The van der Waals surface area contributed by atoms with Gasteiger partial charge in [-0.1, -0.05) is 0 Å². The Balaban J connectivity index is 2.05. The first-order valence-electron chi connectivity index (χ1n) is 8.37. The molecule has 0 saturated carbocycles. The average Bonchev–Trinajstić information content (AvgIpc) is 2.66. The normalized spacial score (nSPS) is 12.4. The van der Waals surface area contributed by atoms with Crippen molar-refractivity contribution in [2.45, 2.75) is 24.5 Å². The molecule has 0 unspecified atom stereocenters. The molecule has 0 heterocycles. The molecule has 0 radical (unpaired) electrons. The minimum absolute atomic E-state index is 0.0128. The molecule has 7 nitrogen and oxygen atoms in total. The lowest BCUT2D eigenvalue weighted by molar-refractivity contribution is 0.0469. The Bertz CT molecular complexity index is 915. The second kappa shape index (κ2) is 9.63. The third-order valence-corrected chi connectivity index (χ3v) is 5.38. The number of hydrogen-bond donors (Lipinski definition) is 1. The van der Waals surface area contributed by atoms with E-state index in [-0.39, 0.29) is 23.7 Å². The third-order valence-electron chi connectivity index (χ3n) is 3.77. The van der Waals surface area contributed by atoms with E-state index < -0.39 is 27.9 Å². The lowest BCUT2D eigenvalue weighted by Gasteiger charge is -2.13. The topological polar surface area (TPSA) is 90.9 Å². The lowest BCUT2D eigenvalue weighted by Crippen LogP contribution is -2.35. The third kappa shape index (κ3) is 5.75. The first kappa shape index (κ1) is 21.8. The Kier molecular flexibility index (Phi) is 7.50. The largest absolute Gasteiger partial charge is 0.496 e. The quantitative estimate of drug-likeness (QED) is 0.638. The van der Waals surface area contributed by atoms with Crippen LogP contribution in [-0.4, -0.2) is 41.3 Å². The lowest BCUT2D eigenvalue weighted by atomic mass is 10.2. The van der Waals surface area contributed by atoms with Crippen LogP contribution in [-0.2, 0) is 26.1 Å². The maximum absolute atomic E-state index is 13.4. The van der Waals surface area contributed by atoms with Gasteiger partial charge >= 0.3 is 5.97 Å². The van der Waals surface area contributed by atoms with Crippen LogP contribution in [0.1, 0.15) is 22.8 Å². The van der Waals surface area contributed by atoms with Gasteiger partial charge in [-0.05, 0) is 49.4 Å². The van der Waals surface area contributed by atoms with E-state index in [1.807, 2.05) is 0 Å². The molecule has 1 N–H and O–H groups in total. The minimum atomic E-state index is -3.73. The molecule has 0 fully saturated rings. The Morgan fingerprint density at radius 2 is 1.82 bits per heavy atom. The number of ether oxygens (including phenoxy) is 3. The minimum Gasteiger partial charge on any atom is -0.496 e. The molecular weight excluding hydrogens is 389 g/mol. The number of sulfonamides is 1. The molecule has 0 saturated heterocycles. The summed E-state index contributed by atoms with van der Waals surface area (Å²) in [7, 11) is -0.827. The van der Waals surface area contributed by atoms with Crippen molar-refractivity contribution in [3.05, 3.63) is 59.4 Å². The summed E-state index contributed by atoms with van der Waals surface area (Å²) in [6.07, 6.45) is 0. The maximum atomic E-state index is 13.4. The highest BCUT2D eigenvalue weighted by atomic mass is 32.2. The number of nitrogens with one attached hydrogen (secondary N) is 1. The molecular formula is C19H22FNO6S. The zero-order valence-corrected chi connectivity index (χ0v) is 16.6.